The molecule has 9 nitrogen and oxygen atoms in total. The average Bonchev–Trinajstić information content (AvgIpc) is 3.36. The van der Waals surface area contributed by atoms with Gasteiger partial charge in [-0.15, -0.1) is 0 Å². The SMILES string of the molecule is Cc1cc(Nc2cc(CN3CCOCC3)n3nc(C)c(C(C)c4ccc(F)cn4)c3n2)n[nH]1. The van der Waals surface area contributed by atoms with Crippen LogP contribution in [0.4, 0.5) is 16.0 Å². The number of H-pyrrole nitrogens is 1. The van der Waals surface area contributed by atoms with Crippen molar-refractivity contribution in [3.05, 3.63) is 64.6 Å². The maximum Gasteiger partial charge on any atom is 0.161 e. The van der Waals surface area contributed by atoms with E-state index >= 15 is 0 Å². The number of nitrogens with zero attached hydrogens (tertiary/aromatic N) is 6. The largest absolute Gasteiger partial charge is 0.379 e. The zero-order valence-electron chi connectivity index (χ0n) is 19.0. The number of hydrogen-bond donors (Lipinski definition) is 2. The molecule has 10 heteroatoms. The Kier molecular flexibility index (Phi) is 5.77. The second-order valence-electron chi connectivity index (χ2n) is 8.44. The Morgan fingerprint density at radius 3 is 2.70 bits per heavy atom. The van der Waals surface area contributed by atoms with Gasteiger partial charge in [-0.1, -0.05) is 6.92 Å². The second-order valence-corrected chi connectivity index (χ2v) is 8.44. The van der Waals surface area contributed by atoms with Crippen LogP contribution in [0.5, 0.6) is 0 Å². The van der Waals surface area contributed by atoms with Gasteiger partial charge in [0, 0.05) is 54.6 Å². The van der Waals surface area contributed by atoms with Crippen molar-refractivity contribution in [2.24, 2.45) is 0 Å². The summed E-state index contributed by atoms with van der Waals surface area (Å²) in [6, 6.07) is 7.10. The quantitative estimate of drug-likeness (QED) is 0.465. The smallest absolute Gasteiger partial charge is 0.161 e. The van der Waals surface area contributed by atoms with Crippen molar-refractivity contribution in [3.8, 4) is 0 Å². The maximum absolute atomic E-state index is 13.4. The van der Waals surface area contributed by atoms with E-state index in [4.69, 9.17) is 14.8 Å². The van der Waals surface area contributed by atoms with E-state index in [-0.39, 0.29) is 11.7 Å². The van der Waals surface area contributed by atoms with Crippen LogP contribution >= 0.6 is 0 Å². The molecule has 0 aromatic carbocycles. The summed E-state index contributed by atoms with van der Waals surface area (Å²) in [5.41, 5.74) is 5.35. The number of fused-ring (bicyclic) bond motifs is 1. The number of aromatic nitrogens is 6. The minimum atomic E-state index is -0.353. The van der Waals surface area contributed by atoms with Crippen molar-refractivity contribution in [3.63, 3.8) is 0 Å². The summed E-state index contributed by atoms with van der Waals surface area (Å²) < 4.78 is 20.9. The molecular weight excluding hydrogens is 423 g/mol. The van der Waals surface area contributed by atoms with E-state index < -0.39 is 0 Å². The van der Waals surface area contributed by atoms with Gasteiger partial charge in [-0.25, -0.2) is 13.9 Å². The average molecular weight is 451 g/mol. The molecule has 0 amide bonds. The monoisotopic (exact) mass is 450 g/mol. The number of aryl methyl sites for hydroxylation is 2. The van der Waals surface area contributed by atoms with Gasteiger partial charge in [-0.2, -0.15) is 10.2 Å². The molecule has 2 N–H and O–H groups in total. The molecule has 4 aromatic rings. The third-order valence-electron chi connectivity index (χ3n) is 5.96. The molecule has 5 rings (SSSR count). The molecule has 0 aliphatic carbocycles. The molecule has 1 aliphatic heterocycles. The number of pyridine rings is 1. The first-order chi connectivity index (χ1) is 16.0. The molecule has 33 heavy (non-hydrogen) atoms. The summed E-state index contributed by atoms with van der Waals surface area (Å²) >= 11 is 0. The lowest BCUT2D eigenvalue weighted by Gasteiger charge is -2.26. The Morgan fingerprint density at radius 1 is 1.18 bits per heavy atom. The Labute approximate surface area is 191 Å². The third-order valence-corrected chi connectivity index (χ3v) is 5.96. The fourth-order valence-corrected chi connectivity index (χ4v) is 4.28. The van der Waals surface area contributed by atoms with E-state index in [1.165, 1.54) is 12.3 Å². The van der Waals surface area contributed by atoms with Gasteiger partial charge in [0.1, 0.15) is 11.6 Å². The fourth-order valence-electron chi connectivity index (χ4n) is 4.28. The van der Waals surface area contributed by atoms with Gasteiger partial charge in [0.05, 0.1) is 30.8 Å². The summed E-state index contributed by atoms with van der Waals surface area (Å²) in [4.78, 5) is 11.6. The van der Waals surface area contributed by atoms with Crippen LogP contribution in [0.2, 0.25) is 0 Å². The lowest BCUT2D eigenvalue weighted by Crippen LogP contribution is -2.36. The molecule has 1 saturated heterocycles. The Balaban J connectivity index is 1.59. The minimum Gasteiger partial charge on any atom is -0.379 e. The molecule has 0 spiro atoms. The van der Waals surface area contributed by atoms with Crippen LogP contribution in [0.1, 0.15) is 41.2 Å². The maximum atomic E-state index is 13.4. The van der Waals surface area contributed by atoms with Crippen LogP contribution in [-0.4, -0.2) is 61.0 Å². The van der Waals surface area contributed by atoms with Crippen molar-refractivity contribution >= 4 is 17.3 Å². The first-order valence-electron chi connectivity index (χ1n) is 11.1. The van der Waals surface area contributed by atoms with Crippen LogP contribution in [0.3, 0.4) is 0 Å². The van der Waals surface area contributed by atoms with Gasteiger partial charge in [0.15, 0.2) is 11.5 Å². The molecule has 172 valence electrons. The summed E-state index contributed by atoms with van der Waals surface area (Å²) in [5.74, 6) is 0.939. The number of anilines is 2. The standard InChI is InChI=1S/C23H27FN8O/c1-14-10-21(29-28-14)26-20-11-18(13-31-6-8-33-9-7-31)32-23(27-20)22(16(3)30-32)15(2)19-5-4-17(24)12-25-19/h4-5,10-12,15H,6-9,13H2,1-3H3,(H2,26,27,28,29). The highest BCUT2D eigenvalue weighted by molar-refractivity contribution is 5.61. The topological polar surface area (TPSA) is 96.3 Å². The first-order valence-corrected chi connectivity index (χ1v) is 11.1. The van der Waals surface area contributed by atoms with Gasteiger partial charge >= 0.3 is 0 Å². The molecule has 0 bridgehead atoms. The second kappa shape index (κ2) is 8.87. The lowest BCUT2D eigenvalue weighted by molar-refractivity contribution is 0.0334. The van der Waals surface area contributed by atoms with Crippen molar-refractivity contribution in [1.82, 2.24) is 34.7 Å². The highest BCUT2D eigenvalue weighted by Crippen LogP contribution is 2.30. The molecule has 5 heterocycles. The Hall–Kier alpha value is -3.37. The van der Waals surface area contributed by atoms with Gasteiger partial charge in [0.2, 0.25) is 0 Å². The summed E-state index contributed by atoms with van der Waals surface area (Å²) in [5, 5.41) is 15.4. The highest BCUT2D eigenvalue weighted by atomic mass is 19.1. The third kappa shape index (κ3) is 4.44. The van der Waals surface area contributed by atoms with E-state index in [0.717, 1.165) is 66.8 Å². The number of hydrogen-bond acceptors (Lipinski definition) is 7. The lowest BCUT2D eigenvalue weighted by atomic mass is 9.97. The number of nitrogens with one attached hydrogen (secondary N) is 2. The molecular formula is C23H27FN8O. The molecule has 4 aromatic heterocycles. The van der Waals surface area contributed by atoms with Gasteiger partial charge in [0.25, 0.3) is 0 Å². The van der Waals surface area contributed by atoms with Crippen molar-refractivity contribution < 1.29 is 9.13 Å². The Morgan fingerprint density at radius 2 is 2.00 bits per heavy atom. The van der Waals surface area contributed by atoms with Gasteiger partial charge in [-0.3, -0.25) is 15.0 Å². The predicted molar refractivity (Wildman–Crippen MR) is 122 cm³/mol. The molecule has 1 aliphatic rings. The van der Waals surface area contributed by atoms with Crippen LogP contribution in [0, 0.1) is 19.7 Å². The number of aromatic amines is 1. The van der Waals surface area contributed by atoms with E-state index in [2.05, 4.69) is 25.4 Å². The number of ether oxygens (including phenoxy) is 1. The van der Waals surface area contributed by atoms with Crippen LogP contribution in [0.25, 0.3) is 5.65 Å². The molecule has 1 unspecified atom stereocenters. The number of morpholine rings is 1. The minimum absolute atomic E-state index is 0.102. The van der Waals surface area contributed by atoms with Crippen LogP contribution < -0.4 is 5.32 Å². The van der Waals surface area contributed by atoms with Crippen molar-refractivity contribution in [2.45, 2.75) is 33.2 Å². The number of halogens is 1. The zero-order chi connectivity index (χ0) is 22.9. The van der Waals surface area contributed by atoms with E-state index in [1.807, 2.05) is 37.4 Å². The summed E-state index contributed by atoms with van der Waals surface area (Å²) in [6.07, 6.45) is 1.25. The van der Waals surface area contributed by atoms with E-state index in [9.17, 15) is 4.39 Å². The summed E-state index contributed by atoms with van der Waals surface area (Å²) in [7, 11) is 0. The van der Waals surface area contributed by atoms with Gasteiger partial charge < -0.3 is 10.1 Å². The fraction of sp³-hybridized carbons (Fsp3) is 0.391. The van der Waals surface area contributed by atoms with E-state index in [0.29, 0.717) is 11.6 Å². The van der Waals surface area contributed by atoms with Crippen LogP contribution in [-0.2, 0) is 11.3 Å². The molecule has 1 fully saturated rings. The van der Waals surface area contributed by atoms with Gasteiger partial charge in [-0.05, 0) is 26.0 Å². The van der Waals surface area contributed by atoms with Crippen LogP contribution in [0.15, 0.2) is 30.5 Å². The van der Waals surface area contributed by atoms with Crippen molar-refractivity contribution in [2.75, 3.05) is 31.6 Å². The normalized spacial score (nSPS) is 15.8. The summed E-state index contributed by atoms with van der Waals surface area (Å²) in [6.45, 7) is 9.89. The van der Waals surface area contributed by atoms with Crippen molar-refractivity contribution in [1.29, 1.82) is 0 Å². The first kappa shape index (κ1) is 21.5. The predicted octanol–water partition coefficient (Wildman–Crippen LogP) is 3.33. The zero-order valence-corrected chi connectivity index (χ0v) is 19.0. The number of rotatable bonds is 6. The highest BCUT2D eigenvalue weighted by Gasteiger charge is 2.23. The van der Waals surface area contributed by atoms with E-state index in [1.54, 1.807) is 6.07 Å². The molecule has 0 saturated carbocycles. The Bertz CT molecular complexity index is 1260. The molecule has 0 radical (unpaired) electrons. The molecule has 1 atom stereocenters.